The van der Waals surface area contributed by atoms with E-state index < -0.39 is 5.97 Å². The summed E-state index contributed by atoms with van der Waals surface area (Å²) in [6.07, 6.45) is 2.78. The van der Waals surface area contributed by atoms with Crippen molar-refractivity contribution < 1.29 is 9.90 Å². The summed E-state index contributed by atoms with van der Waals surface area (Å²) in [7, 11) is 0. The van der Waals surface area contributed by atoms with Gasteiger partial charge in [0.15, 0.2) is 0 Å². The quantitative estimate of drug-likeness (QED) is 0.582. The third-order valence-electron chi connectivity index (χ3n) is 3.61. The summed E-state index contributed by atoms with van der Waals surface area (Å²) < 4.78 is 3.95. The average molecular weight is 348 g/mol. The van der Waals surface area contributed by atoms with Crippen molar-refractivity contribution in [1.29, 1.82) is 5.26 Å². The minimum absolute atomic E-state index is 0.110. The molecule has 0 spiro atoms. The molecular weight excluding hydrogens is 340 g/mol. The molecule has 0 aliphatic rings. The lowest BCUT2D eigenvalue weighted by Crippen LogP contribution is -1.97. The number of nitriles is 1. The summed E-state index contributed by atoms with van der Waals surface area (Å²) in [6, 6.07) is 9.23. The largest absolute Gasteiger partial charge is 0.478 e. The Morgan fingerprint density at radius 3 is 2.88 bits per heavy atom. The van der Waals surface area contributed by atoms with Crippen LogP contribution in [-0.2, 0) is 0 Å². The highest BCUT2D eigenvalue weighted by atomic mass is 32.1. The van der Waals surface area contributed by atoms with Crippen molar-refractivity contribution in [3.05, 3.63) is 48.2 Å². The van der Waals surface area contributed by atoms with Gasteiger partial charge in [0.1, 0.15) is 23.1 Å². The molecule has 120 valence electrons. The van der Waals surface area contributed by atoms with Crippen molar-refractivity contribution in [1.82, 2.24) is 24.3 Å². The van der Waals surface area contributed by atoms with Gasteiger partial charge in [0.05, 0.1) is 16.6 Å². The van der Waals surface area contributed by atoms with Gasteiger partial charge in [0.25, 0.3) is 0 Å². The lowest BCUT2D eigenvalue weighted by Gasteiger charge is -2.05. The lowest BCUT2D eigenvalue weighted by molar-refractivity contribution is 0.0699. The van der Waals surface area contributed by atoms with Gasteiger partial charge in [-0.05, 0) is 17.6 Å². The number of aromatic nitrogens is 5. The Balaban J connectivity index is 1.90. The number of nitrogens with zero attached hydrogens (tertiary/aromatic N) is 5. The van der Waals surface area contributed by atoms with Crippen LogP contribution in [0.4, 0.5) is 0 Å². The highest BCUT2D eigenvalue weighted by molar-refractivity contribution is 7.09. The molecule has 2 N–H and O–H groups in total. The van der Waals surface area contributed by atoms with Crippen LogP contribution in [0.1, 0.15) is 16.2 Å². The molecule has 0 amide bonds. The molecule has 1 aromatic carbocycles. The zero-order chi connectivity index (χ0) is 17.4. The van der Waals surface area contributed by atoms with Gasteiger partial charge < -0.3 is 10.1 Å². The molecule has 3 aromatic heterocycles. The van der Waals surface area contributed by atoms with Crippen LogP contribution in [0.5, 0.6) is 0 Å². The van der Waals surface area contributed by atoms with Crippen LogP contribution >= 0.6 is 11.5 Å². The van der Waals surface area contributed by atoms with E-state index in [0.717, 1.165) is 22.7 Å². The van der Waals surface area contributed by atoms with Crippen LogP contribution in [0.25, 0.3) is 32.9 Å². The fourth-order valence-electron chi connectivity index (χ4n) is 2.54. The van der Waals surface area contributed by atoms with Crippen LogP contribution in [0.3, 0.4) is 0 Å². The van der Waals surface area contributed by atoms with Crippen LogP contribution in [-0.4, -0.2) is 35.4 Å². The van der Waals surface area contributed by atoms with Gasteiger partial charge in [-0.1, -0.05) is 18.2 Å². The number of hydrogen-bond donors (Lipinski definition) is 2. The normalized spacial score (nSPS) is 10.7. The molecular formula is C16H8N6O2S. The van der Waals surface area contributed by atoms with E-state index in [1.54, 1.807) is 0 Å². The number of fused-ring (bicyclic) bond motifs is 1. The van der Waals surface area contributed by atoms with Crippen molar-refractivity contribution in [2.45, 2.75) is 0 Å². The molecule has 0 fully saturated rings. The monoisotopic (exact) mass is 348 g/mol. The number of carboxylic acids is 1. The molecule has 0 saturated heterocycles. The Morgan fingerprint density at radius 1 is 1.28 bits per heavy atom. The maximum Gasteiger partial charge on any atom is 0.338 e. The van der Waals surface area contributed by atoms with Crippen molar-refractivity contribution in [2.75, 3.05) is 0 Å². The molecule has 4 aromatic rings. The Bertz CT molecular complexity index is 1160. The molecule has 0 atom stereocenters. The lowest BCUT2D eigenvalue weighted by atomic mass is 10.0. The van der Waals surface area contributed by atoms with E-state index in [2.05, 4.69) is 24.3 Å². The first-order chi connectivity index (χ1) is 12.2. The molecule has 0 unspecified atom stereocenters. The average Bonchev–Trinajstić information content (AvgIpc) is 3.28. The van der Waals surface area contributed by atoms with E-state index in [1.807, 2.05) is 30.3 Å². The summed E-state index contributed by atoms with van der Waals surface area (Å²) in [5.41, 5.74) is 2.57. The van der Waals surface area contributed by atoms with Crippen molar-refractivity contribution in [3.8, 4) is 27.9 Å². The van der Waals surface area contributed by atoms with E-state index >= 15 is 0 Å². The fourth-order valence-corrected chi connectivity index (χ4v) is 3.15. The predicted octanol–water partition coefficient (Wildman–Crippen LogP) is 2.71. The summed E-state index contributed by atoms with van der Waals surface area (Å²) in [5.74, 6) is -0.935. The number of rotatable bonds is 3. The maximum absolute atomic E-state index is 11.5. The van der Waals surface area contributed by atoms with Crippen LogP contribution in [0, 0.1) is 11.3 Å². The first kappa shape index (κ1) is 14.9. The number of aromatic amines is 1. The molecule has 8 nitrogen and oxygen atoms in total. The van der Waals surface area contributed by atoms with Crippen molar-refractivity contribution in [2.24, 2.45) is 0 Å². The number of H-pyrrole nitrogens is 1. The molecule has 0 aliphatic carbocycles. The standard InChI is InChI=1S/C16H8N6O2S/c17-5-11-21-15(25-22-11)9-3-1-2-8(4-9)13-12-10(16(23)24)6-18-14(12)20-7-19-13/h1-4,6-7H,(H,23,24)(H,18,19,20). The summed E-state index contributed by atoms with van der Waals surface area (Å²) >= 11 is 1.13. The van der Waals surface area contributed by atoms with E-state index in [9.17, 15) is 9.90 Å². The number of nitrogens with one attached hydrogen (secondary N) is 1. The fraction of sp³-hybridized carbons (Fsp3) is 0. The molecule has 3 heterocycles. The van der Waals surface area contributed by atoms with Gasteiger partial charge in [-0.15, -0.1) is 0 Å². The third kappa shape index (κ3) is 2.50. The molecule has 9 heteroatoms. The minimum atomic E-state index is -1.05. The number of carbonyl (C=O) groups is 1. The van der Waals surface area contributed by atoms with Gasteiger partial charge in [-0.25, -0.2) is 19.7 Å². The highest BCUT2D eigenvalue weighted by Gasteiger charge is 2.17. The SMILES string of the molecule is N#Cc1nsc(-c2cccc(-c3ncnc4[nH]cc(C(=O)O)c34)c2)n1. The first-order valence-electron chi connectivity index (χ1n) is 7.07. The Morgan fingerprint density at radius 2 is 2.12 bits per heavy atom. The molecule has 25 heavy (non-hydrogen) atoms. The van der Waals surface area contributed by atoms with Gasteiger partial charge in [-0.2, -0.15) is 9.64 Å². The number of carboxylic acid groups (broad SMARTS) is 1. The zero-order valence-corrected chi connectivity index (χ0v) is 13.3. The second kappa shape index (κ2) is 5.77. The van der Waals surface area contributed by atoms with Gasteiger partial charge in [0.2, 0.25) is 5.82 Å². The number of benzene rings is 1. The first-order valence-corrected chi connectivity index (χ1v) is 7.84. The Labute approximate surface area is 144 Å². The number of aromatic carboxylic acids is 1. The van der Waals surface area contributed by atoms with E-state index in [4.69, 9.17) is 5.26 Å². The topological polar surface area (TPSA) is 128 Å². The van der Waals surface area contributed by atoms with Gasteiger partial charge in [0, 0.05) is 17.3 Å². The maximum atomic E-state index is 11.5. The predicted molar refractivity (Wildman–Crippen MR) is 89.9 cm³/mol. The summed E-state index contributed by atoms with van der Waals surface area (Å²) in [5, 5.41) is 19.3. The van der Waals surface area contributed by atoms with E-state index in [0.29, 0.717) is 21.7 Å². The van der Waals surface area contributed by atoms with Crippen LogP contribution in [0.15, 0.2) is 36.8 Å². The molecule has 0 aliphatic heterocycles. The Kier molecular flexibility index (Phi) is 3.45. The molecule has 0 radical (unpaired) electrons. The highest BCUT2D eigenvalue weighted by Crippen LogP contribution is 2.31. The second-order valence-electron chi connectivity index (χ2n) is 5.07. The summed E-state index contributed by atoms with van der Waals surface area (Å²) in [6.45, 7) is 0. The molecule has 4 rings (SSSR count). The van der Waals surface area contributed by atoms with E-state index in [-0.39, 0.29) is 11.4 Å². The van der Waals surface area contributed by atoms with E-state index in [1.165, 1.54) is 12.5 Å². The number of hydrogen-bond acceptors (Lipinski definition) is 7. The van der Waals surface area contributed by atoms with Crippen molar-refractivity contribution in [3.63, 3.8) is 0 Å². The molecule has 0 saturated carbocycles. The van der Waals surface area contributed by atoms with Gasteiger partial charge in [-0.3, -0.25) is 0 Å². The van der Waals surface area contributed by atoms with Crippen LogP contribution in [0.2, 0.25) is 0 Å². The van der Waals surface area contributed by atoms with Gasteiger partial charge >= 0.3 is 5.97 Å². The second-order valence-corrected chi connectivity index (χ2v) is 5.82. The molecule has 0 bridgehead atoms. The minimum Gasteiger partial charge on any atom is -0.478 e. The zero-order valence-electron chi connectivity index (χ0n) is 12.5. The smallest absolute Gasteiger partial charge is 0.338 e. The summed E-state index contributed by atoms with van der Waals surface area (Å²) in [4.78, 5) is 26.8. The third-order valence-corrected chi connectivity index (χ3v) is 4.37. The van der Waals surface area contributed by atoms with Crippen LogP contribution < -0.4 is 0 Å². The van der Waals surface area contributed by atoms with Crippen molar-refractivity contribution >= 4 is 28.5 Å². The Hall–Kier alpha value is -3.64.